The van der Waals surface area contributed by atoms with Crippen LogP contribution in [-0.4, -0.2) is 46.7 Å². The number of nitrogens with zero attached hydrogens (tertiary/aromatic N) is 3. The van der Waals surface area contributed by atoms with Crippen molar-refractivity contribution in [1.82, 2.24) is 15.3 Å². The molecule has 2 aromatic rings. The van der Waals surface area contributed by atoms with Crippen LogP contribution >= 0.6 is 11.3 Å². The van der Waals surface area contributed by atoms with Gasteiger partial charge in [-0.05, 0) is 11.4 Å². The quantitative estimate of drug-likeness (QED) is 0.825. The Hall–Kier alpha value is -1.73. The lowest BCUT2D eigenvalue weighted by molar-refractivity contribution is -0.138. The summed E-state index contributed by atoms with van der Waals surface area (Å²) >= 11 is 1.54. The van der Waals surface area contributed by atoms with Crippen LogP contribution in [0.1, 0.15) is 0 Å². The molecule has 3 heterocycles. The maximum absolute atomic E-state index is 11.3. The molecule has 2 aromatic heterocycles. The van der Waals surface area contributed by atoms with Gasteiger partial charge in [0.05, 0.1) is 10.2 Å². The van der Waals surface area contributed by atoms with Crippen molar-refractivity contribution in [2.45, 2.75) is 6.04 Å². The van der Waals surface area contributed by atoms with Gasteiger partial charge in [-0.3, -0.25) is 0 Å². The van der Waals surface area contributed by atoms with Gasteiger partial charge in [0.25, 0.3) is 0 Å². The number of rotatable bonds is 2. The fourth-order valence-electron chi connectivity index (χ4n) is 2.16. The first-order valence-electron chi connectivity index (χ1n) is 5.66. The molecule has 1 saturated heterocycles. The van der Waals surface area contributed by atoms with E-state index in [0.29, 0.717) is 13.1 Å². The van der Waals surface area contributed by atoms with Crippen molar-refractivity contribution in [3.8, 4) is 0 Å². The number of hydrogen-bond donors (Lipinski definition) is 2. The predicted octanol–water partition coefficient (Wildman–Crippen LogP) is 0.554. The molecule has 1 aliphatic heterocycles. The maximum atomic E-state index is 11.3. The van der Waals surface area contributed by atoms with E-state index in [9.17, 15) is 9.90 Å². The second-order valence-electron chi connectivity index (χ2n) is 4.08. The van der Waals surface area contributed by atoms with Crippen molar-refractivity contribution in [2.24, 2.45) is 0 Å². The number of anilines is 1. The van der Waals surface area contributed by atoms with Gasteiger partial charge in [0.2, 0.25) is 0 Å². The average molecular weight is 264 g/mol. The summed E-state index contributed by atoms with van der Waals surface area (Å²) in [5.41, 5.74) is 0.868. The molecule has 0 aliphatic carbocycles. The molecule has 94 valence electrons. The molecule has 7 heteroatoms. The van der Waals surface area contributed by atoms with Crippen LogP contribution in [0, 0.1) is 0 Å². The smallest absolute Gasteiger partial charge is 0.327 e. The van der Waals surface area contributed by atoms with Crippen LogP contribution in [-0.2, 0) is 4.79 Å². The number of aliphatic carboxylic acids is 1. The van der Waals surface area contributed by atoms with Crippen LogP contribution < -0.4 is 10.2 Å². The number of piperazine rings is 1. The third kappa shape index (κ3) is 1.81. The molecule has 0 saturated carbocycles. The molecule has 0 spiro atoms. The number of aromatic nitrogens is 2. The Bertz CT molecular complexity index is 585. The molecule has 0 amide bonds. The Labute approximate surface area is 107 Å². The standard InChI is InChI=1S/C11H12N4O2S/c16-11(17)8-5-12-2-3-15(8)10-9-7(1-4-18-9)13-6-14-10/h1,4,6,8,12H,2-3,5H2,(H,16,17). The van der Waals surface area contributed by atoms with Gasteiger partial charge >= 0.3 is 5.97 Å². The van der Waals surface area contributed by atoms with Crippen LogP contribution in [0.15, 0.2) is 17.8 Å². The molecule has 1 aliphatic rings. The molecule has 1 fully saturated rings. The molecule has 6 nitrogen and oxygen atoms in total. The Morgan fingerprint density at radius 3 is 3.28 bits per heavy atom. The normalized spacial score (nSPS) is 20.2. The third-order valence-corrected chi connectivity index (χ3v) is 3.92. The third-order valence-electron chi connectivity index (χ3n) is 3.02. The van der Waals surface area contributed by atoms with Crippen molar-refractivity contribution in [1.29, 1.82) is 0 Å². The Balaban J connectivity index is 2.06. The van der Waals surface area contributed by atoms with Gasteiger partial charge in [-0.1, -0.05) is 0 Å². The lowest BCUT2D eigenvalue weighted by Gasteiger charge is -2.34. The topological polar surface area (TPSA) is 78.4 Å². The van der Waals surface area contributed by atoms with Crippen molar-refractivity contribution in [3.05, 3.63) is 17.8 Å². The van der Waals surface area contributed by atoms with Gasteiger partial charge in [0.1, 0.15) is 12.4 Å². The van der Waals surface area contributed by atoms with E-state index in [1.54, 1.807) is 11.3 Å². The lowest BCUT2D eigenvalue weighted by atomic mass is 10.2. The van der Waals surface area contributed by atoms with Crippen molar-refractivity contribution in [3.63, 3.8) is 0 Å². The SMILES string of the molecule is O=C(O)C1CNCCN1c1ncnc2ccsc12. The minimum absolute atomic E-state index is 0.437. The number of carboxylic acid groups (broad SMARTS) is 1. The van der Waals surface area contributed by atoms with Crippen molar-refractivity contribution in [2.75, 3.05) is 24.5 Å². The molecule has 0 radical (unpaired) electrons. The zero-order valence-corrected chi connectivity index (χ0v) is 10.4. The summed E-state index contributed by atoms with van der Waals surface area (Å²) in [4.78, 5) is 21.6. The summed E-state index contributed by atoms with van der Waals surface area (Å²) in [6, 6.07) is 1.35. The predicted molar refractivity (Wildman–Crippen MR) is 69.1 cm³/mol. The minimum atomic E-state index is -0.828. The first-order chi connectivity index (χ1) is 8.77. The minimum Gasteiger partial charge on any atom is -0.480 e. The molecular weight excluding hydrogens is 252 g/mol. The molecule has 1 atom stereocenters. The highest BCUT2D eigenvalue weighted by Gasteiger charge is 2.30. The number of nitrogens with one attached hydrogen (secondary N) is 1. The van der Waals surface area contributed by atoms with E-state index < -0.39 is 12.0 Å². The van der Waals surface area contributed by atoms with Crippen LogP contribution in [0.5, 0.6) is 0 Å². The number of carboxylic acids is 1. The molecule has 3 rings (SSSR count). The summed E-state index contributed by atoms with van der Waals surface area (Å²) in [7, 11) is 0. The molecule has 0 bridgehead atoms. The Morgan fingerprint density at radius 1 is 1.56 bits per heavy atom. The van der Waals surface area contributed by atoms with E-state index >= 15 is 0 Å². The highest BCUT2D eigenvalue weighted by Crippen LogP contribution is 2.29. The first-order valence-corrected chi connectivity index (χ1v) is 6.53. The first kappa shape index (κ1) is 11.4. The van der Waals surface area contributed by atoms with Crippen LogP contribution in [0.2, 0.25) is 0 Å². The van der Waals surface area contributed by atoms with Gasteiger partial charge in [-0.25, -0.2) is 14.8 Å². The number of carbonyl (C=O) groups is 1. The fraction of sp³-hybridized carbons (Fsp3) is 0.364. The van der Waals surface area contributed by atoms with Gasteiger partial charge < -0.3 is 15.3 Å². The van der Waals surface area contributed by atoms with E-state index in [4.69, 9.17) is 0 Å². The second-order valence-corrected chi connectivity index (χ2v) is 5.00. The van der Waals surface area contributed by atoms with E-state index in [1.165, 1.54) is 6.33 Å². The van der Waals surface area contributed by atoms with E-state index in [0.717, 1.165) is 22.6 Å². The number of fused-ring (bicyclic) bond motifs is 1. The highest BCUT2D eigenvalue weighted by molar-refractivity contribution is 7.17. The molecule has 1 unspecified atom stereocenters. The van der Waals surface area contributed by atoms with E-state index in [2.05, 4.69) is 15.3 Å². The van der Waals surface area contributed by atoms with Gasteiger partial charge in [0, 0.05) is 19.6 Å². The summed E-state index contributed by atoms with van der Waals surface area (Å²) in [5, 5.41) is 14.3. The molecular formula is C11H12N4O2S. The zero-order valence-electron chi connectivity index (χ0n) is 9.54. The Morgan fingerprint density at radius 2 is 2.44 bits per heavy atom. The zero-order chi connectivity index (χ0) is 12.5. The Kier molecular flexibility index (Phi) is 2.85. The van der Waals surface area contributed by atoms with Crippen molar-refractivity contribution < 1.29 is 9.90 Å². The molecule has 18 heavy (non-hydrogen) atoms. The summed E-state index contributed by atoms with van der Waals surface area (Å²) < 4.78 is 0.950. The monoisotopic (exact) mass is 264 g/mol. The van der Waals surface area contributed by atoms with Crippen LogP contribution in [0.3, 0.4) is 0 Å². The largest absolute Gasteiger partial charge is 0.480 e. The van der Waals surface area contributed by atoms with E-state index in [1.807, 2.05) is 16.3 Å². The number of thiophene rings is 1. The second kappa shape index (κ2) is 4.51. The summed E-state index contributed by atoms with van der Waals surface area (Å²) in [6.07, 6.45) is 1.49. The van der Waals surface area contributed by atoms with Gasteiger partial charge in [-0.2, -0.15) is 0 Å². The molecule has 0 aromatic carbocycles. The van der Waals surface area contributed by atoms with Gasteiger partial charge in [0.15, 0.2) is 5.82 Å². The maximum Gasteiger partial charge on any atom is 0.327 e. The van der Waals surface area contributed by atoms with Gasteiger partial charge in [-0.15, -0.1) is 11.3 Å². The summed E-state index contributed by atoms with van der Waals surface area (Å²) in [5.74, 6) is -0.102. The average Bonchev–Trinajstić information content (AvgIpc) is 2.86. The van der Waals surface area contributed by atoms with Crippen molar-refractivity contribution >= 4 is 33.3 Å². The number of hydrogen-bond acceptors (Lipinski definition) is 6. The van der Waals surface area contributed by atoms with Crippen LogP contribution in [0.25, 0.3) is 10.2 Å². The summed E-state index contributed by atoms with van der Waals surface area (Å²) in [6.45, 7) is 1.84. The molecule has 2 N–H and O–H groups in total. The van der Waals surface area contributed by atoms with Crippen LogP contribution in [0.4, 0.5) is 5.82 Å². The van der Waals surface area contributed by atoms with E-state index in [-0.39, 0.29) is 0 Å². The fourth-order valence-corrected chi connectivity index (χ4v) is 3.01. The highest BCUT2D eigenvalue weighted by atomic mass is 32.1. The lowest BCUT2D eigenvalue weighted by Crippen LogP contribution is -2.55.